The number of hydrogen-bond acceptors (Lipinski definition) is 2. The van der Waals surface area contributed by atoms with Crippen LogP contribution in [0.1, 0.15) is 11.1 Å². The minimum absolute atomic E-state index is 0.575. The second-order valence-corrected chi connectivity index (χ2v) is 9.65. The molecule has 7 heterocycles. The molecule has 0 amide bonds. The Morgan fingerprint density at radius 1 is 0.714 bits per heavy atom. The Balaban J connectivity index is 1.63. The summed E-state index contributed by atoms with van der Waals surface area (Å²) < 4.78 is 14.0. The van der Waals surface area contributed by atoms with Gasteiger partial charge in [-0.2, -0.15) is 4.57 Å². The standard InChI is InChI=1S/C30H16N4O/c1-2-9-23-20(6-1)28-21-16-31-14-13-17(21)18-11-12-25-27-29(18)33(28)34(23)30(27)26-19(7-5-10-24(26)35-25)22-8-3-4-15-32(22)30/h1-16H/q+2. The molecule has 0 N–H and O–H groups in total. The van der Waals surface area contributed by atoms with Crippen LogP contribution in [0.15, 0.2) is 97.5 Å². The van der Waals surface area contributed by atoms with Crippen LogP contribution in [0.2, 0.25) is 0 Å². The van der Waals surface area contributed by atoms with E-state index in [1.807, 2.05) is 12.4 Å². The molecule has 5 nitrogen and oxygen atoms in total. The monoisotopic (exact) mass is 448 g/mol. The Labute approximate surface area is 198 Å². The Hall–Kier alpha value is -4.77. The average molecular weight is 448 g/mol. The van der Waals surface area contributed by atoms with Crippen LogP contribution in [0.25, 0.3) is 49.4 Å². The lowest BCUT2D eigenvalue weighted by Crippen LogP contribution is -2.62. The van der Waals surface area contributed by atoms with Gasteiger partial charge in [-0.05, 0) is 48.5 Å². The second-order valence-electron chi connectivity index (χ2n) is 9.65. The highest BCUT2D eigenvalue weighted by molar-refractivity contribution is 6.16. The lowest BCUT2D eigenvalue weighted by Gasteiger charge is -2.27. The van der Waals surface area contributed by atoms with E-state index >= 15 is 0 Å². The fraction of sp³-hybridized carbons (Fsp3) is 0.0333. The fourth-order valence-electron chi connectivity index (χ4n) is 7.15. The van der Waals surface area contributed by atoms with Crippen LogP contribution < -0.4 is 13.8 Å². The molecule has 5 heteroatoms. The van der Waals surface area contributed by atoms with Crippen LogP contribution >= 0.6 is 0 Å². The van der Waals surface area contributed by atoms with Crippen molar-refractivity contribution >= 4 is 38.1 Å². The van der Waals surface area contributed by atoms with Gasteiger partial charge in [-0.15, -0.1) is 0 Å². The zero-order valence-corrected chi connectivity index (χ0v) is 18.4. The van der Waals surface area contributed by atoms with E-state index in [-0.39, 0.29) is 0 Å². The number of hydrogen-bond donors (Lipinski definition) is 0. The summed E-state index contributed by atoms with van der Waals surface area (Å²) in [6.07, 6.45) is 6.13. The summed E-state index contributed by atoms with van der Waals surface area (Å²) >= 11 is 0. The number of pyridine rings is 3. The first-order chi connectivity index (χ1) is 17.4. The van der Waals surface area contributed by atoms with E-state index in [0.29, 0.717) is 0 Å². The molecule has 0 fully saturated rings. The van der Waals surface area contributed by atoms with Gasteiger partial charge in [-0.1, -0.05) is 27.4 Å². The Morgan fingerprint density at radius 3 is 2.63 bits per heavy atom. The lowest BCUT2D eigenvalue weighted by molar-refractivity contribution is -0.765. The summed E-state index contributed by atoms with van der Waals surface area (Å²) in [6.45, 7) is 0. The third kappa shape index (κ3) is 1.52. The molecule has 0 bridgehead atoms. The van der Waals surface area contributed by atoms with Gasteiger partial charge in [0.15, 0.2) is 11.8 Å². The largest absolute Gasteiger partial charge is 0.456 e. The van der Waals surface area contributed by atoms with Crippen LogP contribution in [0.5, 0.6) is 11.5 Å². The molecule has 3 aliphatic rings. The third-order valence-electron chi connectivity index (χ3n) is 8.25. The van der Waals surface area contributed by atoms with Crippen molar-refractivity contribution in [2.45, 2.75) is 5.66 Å². The van der Waals surface area contributed by atoms with Crippen LogP contribution in [0.4, 0.5) is 0 Å². The smallest absolute Gasteiger partial charge is 0.361 e. The first-order valence-electron chi connectivity index (χ1n) is 11.9. The SMILES string of the molecule is c1cc2c3c(c1)-c1cccc[n+]1C31c3c(ccc4c5ccncc5c5c6ccccc6n1[n+]5c34)O2. The maximum absolute atomic E-state index is 6.65. The highest BCUT2D eigenvalue weighted by atomic mass is 16.5. The van der Waals surface area contributed by atoms with E-state index in [1.54, 1.807) is 0 Å². The van der Waals surface area contributed by atoms with Crippen molar-refractivity contribution in [3.05, 3.63) is 109 Å². The number of aromatic nitrogens is 4. The molecular weight excluding hydrogens is 432 g/mol. The lowest BCUT2D eigenvalue weighted by atomic mass is 9.85. The number of fused-ring (bicyclic) bond motifs is 8. The summed E-state index contributed by atoms with van der Waals surface area (Å²) in [6, 6.07) is 28.2. The molecule has 7 aromatic rings. The van der Waals surface area contributed by atoms with Gasteiger partial charge in [0.2, 0.25) is 5.69 Å². The summed E-state index contributed by atoms with van der Waals surface area (Å²) in [5, 5.41) is 4.83. The first kappa shape index (κ1) is 16.8. The Kier molecular flexibility index (Phi) is 2.47. The van der Waals surface area contributed by atoms with Crippen molar-refractivity contribution in [2.75, 3.05) is 0 Å². The molecule has 160 valence electrons. The molecule has 10 rings (SSSR count). The molecule has 3 aromatic carbocycles. The van der Waals surface area contributed by atoms with Crippen molar-refractivity contribution in [2.24, 2.45) is 0 Å². The molecule has 0 saturated heterocycles. The Bertz CT molecular complexity index is 2160. The van der Waals surface area contributed by atoms with Crippen molar-refractivity contribution in [3.63, 3.8) is 0 Å². The topological polar surface area (TPSA) is 35.0 Å². The van der Waals surface area contributed by atoms with Crippen molar-refractivity contribution in [1.82, 2.24) is 9.67 Å². The first-order valence-corrected chi connectivity index (χ1v) is 11.9. The number of ether oxygens (including phenoxy) is 1. The predicted molar refractivity (Wildman–Crippen MR) is 132 cm³/mol. The van der Waals surface area contributed by atoms with Crippen molar-refractivity contribution < 1.29 is 13.8 Å². The van der Waals surface area contributed by atoms with Gasteiger partial charge < -0.3 is 4.74 Å². The quantitative estimate of drug-likeness (QED) is 0.240. The second kappa shape index (κ2) is 5.15. The van der Waals surface area contributed by atoms with Crippen LogP contribution in [0, 0.1) is 0 Å². The summed E-state index contributed by atoms with van der Waals surface area (Å²) in [7, 11) is 0. The normalized spacial score (nSPS) is 18.1. The highest BCUT2D eigenvalue weighted by Crippen LogP contribution is 2.58. The number of para-hydroxylation sites is 1. The van der Waals surface area contributed by atoms with Gasteiger partial charge >= 0.3 is 5.66 Å². The molecule has 1 spiro atoms. The minimum Gasteiger partial charge on any atom is -0.456 e. The Morgan fingerprint density at radius 2 is 1.63 bits per heavy atom. The van der Waals surface area contributed by atoms with Gasteiger partial charge in [0.25, 0.3) is 11.0 Å². The van der Waals surface area contributed by atoms with Crippen molar-refractivity contribution in [1.29, 1.82) is 0 Å². The average Bonchev–Trinajstić information content (AvgIpc) is 3.53. The third-order valence-corrected chi connectivity index (χ3v) is 8.25. The van der Waals surface area contributed by atoms with Gasteiger partial charge in [-0.3, -0.25) is 4.98 Å². The van der Waals surface area contributed by atoms with Gasteiger partial charge in [-0.25, -0.2) is 0 Å². The fourth-order valence-corrected chi connectivity index (χ4v) is 7.15. The number of benzene rings is 3. The molecule has 3 aliphatic heterocycles. The highest BCUT2D eigenvalue weighted by Gasteiger charge is 2.69. The maximum Gasteiger partial charge on any atom is 0.361 e. The molecule has 1 atom stereocenters. The summed E-state index contributed by atoms with van der Waals surface area (Å²) in [5.41, 5.74) is 7.85. The molecule has 0 radical (unpaired) electrons. The number of nitrogens with zero attached hydrogens (tertiary/aromatic N) is 4. The van der Waals surface area contributed by atoms with E-state index in [0.717, 1.165) is 16.9 Å². The maximum atomic E-state index is 6.65. The summed E-state index contributed by atoms with van der Waals surface area (Å²) in [4.78, 5) is 4.54. The molecule has 35 heavy (non-hydrogen) atoms. The van der Waals surface area contributed by atoms with Crippen molar-refractivity contribution in [3.8, 4) is 22.8 Å². The summed E-state index contributed by atoms with van der Waals surface area (Å²) in [5.74, 6) is 1.84. The minimum atomic E-state index is -0.575. The van der Waals surface area contributed by atoms with E-state index in [4.69, 9.17) is 4.74 Å². The molecule has 0 saturated carbocycles. The molecular formula is C30H16N4O+2. The zero-order valence-electron chi connectivity index (χ0n) is 18.4. The van der Waals surface area contributed by atoms with E-state index in [9.17, 15) is 0 Å². The molecule has 0 aliphatic carbocycles. The van der Waals surface area contributed by atoms with Crippen LogP contribution in [-0.2, 0) is 5.66 Å². The van der Waals surface area contributed by atoms with E-state index in [1.165, 1.54) is 55.1 Å². The predicted octanol–water partition coefficient (Wildman–Crippen LogP) is 5.07. The zero-order chi connectivity index (χ0) is 22.5. The van der Waals surface area contributed by atoms with E-state index < -0.39 is 5.66 Å². The van der Waals surface area contributed by atoms with E-state index in [2.05, 4.69) is 104 Å². The number of rotatable bonds is 0. The van der Waals surface area contributed by atoms with Gasteiger partial charge in [0, 0.05) is 29.9 Å². The van der Waals surface area contributed by atoms with Gasteiger partial charge in [0.1, 0.15) is 22.6 Å². The van der Waals surface area contributed by atoms with Crippen LogP contribution in [0.3, 0.4) is 0 Å². The molecule has 4 aromatic heterocycles. The van der Waals surface area contributed by atoms with Crippen LogP contribution in [-0.4, -0.2) is 9.67 Å². The van der Waals surface area contributed by atoms with Gasteiger partial charge in [0.05, 0.1) is 21.7 Å². The molecule has 1 unspecified atom stereocenters.